The summed E-state index contributed by atoms with van der Waals surface area (Å²) in [6.07, 6.45) is 7.10. The van der Waals surface area contributed by atoms with Crippen LogP contribution in [0.3, 0.4) is 0 Å². The largest absolute Gasteiger partial charge is 0.481 e. The summed E-state index contributed by atoms with van der Waals surface area (Å²) in [5.74, 6) is 0.461. The Morgan fingerprint density at radius 1 is 1.10 bits per heavy atom. The van der Waals surface area contributed by atoms with Crippen molar-refractivity contribution in [3.8, 4) is 11.5 Å². The Balaban J connectivity index is 1.24. The number of aliphatic carboxylic acids is 1. The van der Waals surface area contributed by atoms with E-state index in [4.69, 9.17) is 14.6 Å². The molecule has 6 rings (SSSR count). The maximum absolute atomic E-state index is 13.4. The first kappa shape index (κ1) is 19.6. The number of fused-ring (bicyclic) bond motifs is 3. The molecule has 0 spiro atoms. The summed E-state index contributed by atoms with van der Waals surface area (Å²) in [7, 11) is 0. The molecule has 2 heterocycles. The highest BCUT2D eigenvalue weighted by Gasteiger charge is 2.52. The molecule has 4 nitrogen and oxygen atoms in total. The Kier molecular flexibility index (Phi) is 4.81. The van der Waals surface area contributed by atoms with E-state index in [1.54, 1.807) is 12.1 Å². The Morgan fingerprint density at radius 2 is 1.83 bits per heavy atom. The van der Waals surface area contributed by atoms with Gasteiger partial charge >= 0.3 is 5.97 Å². The van der Waals surface area contributed by atoms with Gasteiger partial charge in [-0.2, -0.15) is 0 Å². The SMILES string of the molecule is O=C(O)C1C[C@H]1CCC12CCC(c3cccc(Oc4cccc(F)c4)c3)(CC1)OC2. The van der Waals surface area contributed by atoms with E-state index in [9.17, 15) is 9.18 Å². The van der Waals surface area contributed by atoms with Crippen LogP contribution in [0.5, 0.6) is 11.5 Å². The lowest BCUT2D eigenvalue weighted by atomic mass is 9.62. The van der Waals surface area contributed by atoms with Crippen molar-refractivity contribution < 1.29 is 23.8 Å². The standard InChI is InChI=1S/C25H27FO4/c26-19-4-2-6-21(15-19)30-20-5-1-3-18(14-20)25-11-9-24(10-12-25,16-29-25)8-7-17-13-22(17)23(27)28/h1-6,14-15,17,22H,7-13,16H2,(H,27,28)/t17-,22?,24?,25?/m1/s1. The summed E-state index contributed by atoms with van der Waals surface area (Å²) in [6, 6.07) is 14.1. The molecule has 2 aromatic carbocycles. The summed E-state index contributed by atoms with van der Waals surface area (Å²) in [4.78, 5) is 11.1. The summed E-state index contributed by atoms with van der Waals surface area (Å²) in [6.45, 7) is 0.742. The maximum Gasteiger partial charge on any atom is 0.306 e. The van der Waals surface area contributed by atoms with Gasteiger partial charge in [0.25, 0.3) is 0 Å². The van der Waals surface area contributed by atoms with Crippen LogP contribution in [0.4, 0.5) is 4.39 Å². The van der Waals surface area contributed by atoms with Gasteiger partial charge < -0.3 is 14.6 Å². The van der Waals surface area contributed by atoms with E-state index >= 15 is 0 Å². The van der Waals surface area contributed by atoms with Crippen LogP contribution in [0.15, 0.2) is 48.5 Å². The monoisotopic (exact) mass is 410 g/mol. The van der Waals surface area contributed by atoms with Crippen LogP contribution in [0.2, 0.25) is 0 Å². The summed E-state index contributed by atoms with van der Waals surface area (Å²) >= 11 is 0. The van der Waals surface area contributed by atoms with Crippen molar-refractivity contribution in [2.75, 3.05) is 6.61 Å². The number of carbonyl (C=O) groups is 1. The molecule has 1 N–H and O–H groups in total. The number of hydrogen-bond donors (Lipinski definition) is 1. The zero-order valence-corrected chi connectivity index (χ0v) is 17.0. The van der Waals surface area contributed by atoms with Crippen molar-refractivity contribution in [3.63, 3.8) is 0 Å². The fraction of sp³-hybridized carbons (Fsp3) is 0.480. The second-order valence-corrected chi connectivity index (χ2v) is 9.35. The lowest BCUT2D eigenvalue weighted by Gasteiger charge is -2.53. The van der Waals surface area contributed by atoms with Crippen molar-refractivity contribution in [1.29, 1.82) is 0 Å². The van der Waals surface area contributed by atoms with Gasteiger partial charge in [0.1, 0.15) is 17.3 Å². The van der Waals surface area contributed by atoms with Gasteiger partial charge in [-0.15, -0.1) is 0 Å². The normalized spacial score (nSPS) is 32.0. The molecule has 0 amide bonds. The average Bonchev–Trinajstić information content (AvgIpc) is 3.54. The van der Waals surface area contributed by atoms with Crippen LogP contribution in [0.25, 0.3) is 0 Å². The molecule has 30 heavy (non-hydrogen) atoms. The van der Waals surface area contributed by atoms with E-state index in [2.05, 4.69) is 6.07 Å². The minimum absolute atomic E-state index is 0.116. The molecule has 0 aromatic heterocycles. The number of rotatable bonds is 7. The first-order valence-electron chi connectivity index (χ1n) is 10.9. The van der Waals surface area contributed by atoms with E-state index in [1.165, 1.54) is 12.1 Å². The third-order valence-corrected chi connectivity index (χ3v) is 7.45. The van der Waals surface area contributed by atoms with Crippen molar-refractivity contribution in [3.05, 3.63) is 59.9 Å². The second kappa shape index (κ2) is 7.38. The Labute approximate surface area is 176 Å². The van der Waals surface area contributed by atoms with Crippen LogP contribution < -0.4 is 4.74 Å². The summed E-state index contributed by atoms with van der Waals surface area (Å²) < 4.78 is 25.8. The molecule has 2 saturated carbocycles. The molecule has 4 fully saturated rings. The topological polar surface area (TPSA) is 55.8 Å². The van der Waals surface area contributed by atoms with E-state index in [-0.39, 0.29) is 22.8 Å². The van der Waals surface area contributed by atoms with Crippen molar-refractivity contribution in [1.82, 2.24) is 0 Å². The Morgan fingerprint density at radius 3 is 2.47 bits per heavy atom. The average molecular weight is 410 g/mol. The van der Waals surface area contributed by atoms with Crippen LogP contribution in [-0.4, -0.2) is 17.7 Å². The van der Waals surface area contributed by atoms with Gasteiger partial charge in [0, 0.05) is 6.07 Å². The second-order valence-electron chi connectivity index (χ2n) is 9.35. The highest BCUT2D eigenvalue weighted by Crippen LogP contribution is 2.57. The molecule has 158 valence electrons. The summed E-state index contributed by atoms with van der Waals surface area (Å²) in [5, 5.41) is 9.13. The molecule has 0 radical (unpaired) electrons. The molecule has 5 heteroatoms. The van der Waals surface area contributed by atoms with Crippen molar-refractivity contribution in [2.45, 2.75) is 50.5 Å². The van der Waals surface area contributed by atoms with Gasteiger partial charge in [0.05, 0.1) is 18.1 Å². The molecule has 1 unspecified atom stereocenters. The predicted octanol–water partition coefficient (Wildman–Crippen LogP) is 5.90. The maximum atomic E-state index is 13.4. The number of carboxylic acid groups (broad SMARTS) is 1. The highest BCUT2D eigenvalue weighted by atomic mass is 19.1. The number of carboxylic acids is 1. The molecule has 2 bridgehead atoms. The highest BCUT2D eigenvalue weighted by molar-refractivity contribution is 5.73. The van der Waals surface area contributed by atoms with Gasteiger partial charge in [0.15, 0.2) is 0 Å². The molecule has 2 saturated heterocycles. The van der Waals surface area contributed by atoms with Crippen LogP contribution in [-0.2, 0) is 15.1 Å². The van der Waals surface area contributed by atoms with Crippen LogP contribution in [0.1, 0.15) is 50.5 Å². The quantitative estimate of drug-likeness (QED) is 0.617. The molecule has 2 aliphatic heterocycles. The van der Waals surface area contributed by atoms with E-state index in [0.29, 0.717) is 17.4 Å². The van der Waals surface area contributed by atoms with Crippen LogP contribution in [0, 0.1) is 23.1 Å². The zero-order valence-electron chi connectivity index (χ0n) is 17.0. The zero-order chi connectivity index (χ0) is 20.8. The fourth-order valence-electron chi connectivity index (χ4n) is 5.33. The number of hydrogen-bond acceptors (Lipinski definition) is 3. The fourth-order valence-corrected chi connectivity index (χ4v) is 5.33. The van der Waals surface area contributed by atoms with E-state index < -0.39 is 5.97 Å². The number of ether oxygens (including phenoxy) is 2. The van der Waals surface area contributed by atoms with E-state index in [0.717, 1.165) is 57.1 Å². The number of halogens is 1. The lowest BCUT2D eigenvalue weighted by molar-refractivity contribution is -0.192. The smallest absolute Gasteiger partial charge is 0.306 e. The van der Waals surface area contributed by atoms with Gasteiger partial charge in [-0.1, -0.05) is 18.2 Å². The van der Waals surface area contributed by atoms with Gasteiger partial charge in [0.2, 0.25) is 0 Å². The first-order valence-corrected chi connectivity index (χ1v) is 10.9. The summed E-state index contributed by atoms with van der Waals surface area (Å²) in [5.41, 5.74) is 1.06. The third kappa shape index (κ3) is 3.71. The predicted molar refractivity (Wildman–Crippen MR) is 110 cm³/mol. The molecular weight excluding hydrogens is 383 g/mol. The molecular formula is C25H27FO4. The lowest BCUT2D eigenvalue weighted by Crippen LogP contribution is -2.49. The first-order chi connectivity index (χ1) is 14.5. The van der Waals surface area contributed by atoms with Gasteiger partial charge in [-0.25, -0.2) is 4.39 Å². The third-order valence-electron chi connectivity index (χ3n) is 7.45. The molecule has 2 atom stereocenters. The van der Waals surface area contributed by atoms with Crippen molar-refractivity contribution in [2.24, 2.45) is 17.3 Å². The van der Waals surface area contributed by atoms with Crippen LogP contribution >= 0.6 is 0 Å². The molecule has 2 aliphatic carbocycles. The Hall–Kier alpha value is -2.40. The molecule has 2 aromatic rings. The van der Waals surface area contributed by atoms with Gasteiger partial charge in [-0.05, 0) is 86.1 Å². The Bertz CT molecular complexity index is 931. The minimum atomic E-state index is -0.639. The van der Waals surface area contributed by atoms with Crippen molar-refractivity contribution >= 4 is 5.97 Å². The minimum Gasteiger partial charge on any atom is -0.481 e. The van der Waals surface area contributed by atoms with Gasteiger partial charge in [-0.3, -0.25) is 4.79 Å². The molecule has 4 aliphatic rings. The van der Waals surface area contributed by atoms with E-state index in [1.807, 2.05) is 18.2 Å². The number of benzene rings is 2.